The van der Waals surface area contributed by atoms with Crippen LogP contribution in [0.1, 0.15) is 51.8 Å². The van der Waals surface area contributed by atoms with E-state index in [0.717, 1.165) is 24.1 Å². The van der Waals surface area contributed by atoms with Gasteiger partial charge in [0, 0.05) is 11.9 Å². The predicted octanol–water partition coefficient (Wildman–Crippen LogP) is 4.40. The van der Waals surface area contributed by atoms with Crippen LogP contribution in [0.25, 0.3) is 0 Å². The highest BCUT2D eigenvalue weighted by atomic mass is 32.1. The van der Waals surface area contributed by atoms with E-state index in [1.54, 1.807) is 18.4 Å². The summed E-state index contributed by atoms with van der Waals surface area (Å²) in [7, 11) is 1.70. The van der Waals surface area contributed by atoms with Crippen molar-refractivity contribution in [1.29, 1.82) is 0 Å². The number of nitrogens with one attached hydrogen (secondary N) is 1. The Morgan fingerprint density at radius 3 is 2.64 bits per heavy atom. The highest BCUT2D eigenvalue weighted by molar-refractivity contribution is 7.09. The first-order valence-electron chi connectivity index (χ1n) is 8.61. The second-order valence-electron chi connectivity index (χ2n) is 7.00. The molecule has 6 nitrogen and oxygen atoms in total. The van der Waals surface area contributed by atoms with Gasteiger partial charge in [0.1, 0.15) is 12.2 Å². The van der Waals surface area contributed by atoms with Gasteiger partial charge < -0.3 is 19.7 Å². The predicted molar refractivity (Wildman–Crippen MR) is 99.8 cm³/mol. The molecule has 0 saturated carbocycles. The van der Waals surface area contributed by atoms with E-state index >= 15 is 0 Å². The van der Waals surface area contributed by atoms with Gasteiger partial charge in [-0.1, -0.05) is 25.8 Å². The molecule has 0 spiro atoms. The van der Waals surface area contributed by atoms with Crippen molar-refractivity contribution in [2.75, 3.05) is 13.7 Å². The lowest BCUT2D eigenvalue weighted by Gasteiger charge is -2.24. The fourth-order valence-electron chi connectivity index (χ4n) is 2.10. The number of hydrogen-bond acceptors (Lipinski definition) is 5. The molecule has 1 rings (SSSR count). The molecule has 1 unspecified atom stereocenters. The number of alkyl carbamates (subject to hydrolysis) is 1. The van der Waals surface area contributed by atoms with Gasteiger partial charge in [0.05, 0.1) is 12.6 Å². The van der Waals surface area contributed by atoms with Gasteiger partial charge >= 0.3 is 12.2 Å². The Bertz CT molecular complexity index is 526. The fourth-order valence-corrected chi connectivity index (χ4v) is 2.86. The smallest absolute Gasteiger partial charge is 0.409 e. The van der Waals surface area contributed by atoms with E-state index in [1.807, 2.05) is 38.3 Å². The summed E-state index contributed by atoms with van der Waals surface area (Å²) >= 11 is 1.59. The summed E-state index contributed by atoms with van der Waals surface area (Å²) in [5, 5.41) is 4.77. The Labute approximate surface area is 154 Å². The van der Waals surface area contributed by atoms with Crippen molar-refractivity contribution in [1.82, 2.24) is 10.2 Å². The van der Waals surface area contributed by atoms with E-state index in [0.29, 0.717) is 6.54 Å². The normalized spacial score (nSPS) is 12.4. The van der Waals surface area contributed by atoms with Gasteiger partial charge in [0.25, 0.3) is 0 Å². The molecule has 0 aromatic carbocycles. The number of ether oxygens (including phenoxy) is 2. The van der Waals surface area contributed by atoms with Crippen molar-refractivity contribution in [3.8, 4) is 0 Å². The second-order valence-corrected chi connectivity index (χ2v) is 8.03. The first-order valence-corrected chi connectivity index (χ1v) is 9.49. The average molecular weight is 371 g/mol. The molecule has 1 aromatic rings. The summed E-state index contributed by atoms with van der Waals surface area (Å²) in [5.74, 6) is 0. The first kappa shape index (κ1) is 21.3. The molecular weight excluding hydrogens is 340 g/mol. The third kappa shape index (κ3) is 9.34. The molecular formula is C18H30N2O4S. The quantitative estimate of drug-likeness (QED) is 0.736. The maximum absolute atomic E-state index is 12.1. The van der Waals surface area contributed by atoms with Gasteiger partial charge in [-0.25, -0.2) is 9.59 Å². The zero-order chi connectivity index (χ0) is 18.9. The Morgan fingerprint density at radius 1 is 1.36 bits per heavy atom. The number of carbonyl (C=O) groups excluding carboxylic acids is 2. The number of amides is 2. The van der Waals surface area contributed by atoms with Crippen LogP contribution in [0, 0.1) is 0 Å². The molecule has 1 heterocycles. The number of rotatable bonds is 8. The Morgan fingerprint density at radius 2 is 2.08 bits per heavy atom. The maximum atomic E-state index is 12.1. The lowest BCUT2D eigenvalue weighted by molar-refractivity contribution is 0.0451. The summed E-state index contributed by atoms with van der Waals surface area (Å²) in [4.78, 5) is 26.7. The van der Waals surface area contributed by atoms with E-state index < -0.39 is 17.8 Å². The molecule has 142 valence electrons. The zero-order valence-corrected chi connectivity index (χ0v) is 16.6. The standard InChI is InChI=1S/C18H30N2O4S/c1-6-7-9-14(19-16(21)24-18(2,3)4)13-23-17(22)20(5)12-15-10-8-11-25-15/h8,10-11,14H,6-7,9,12-13H2,1-5H3,(H,19,21). The van der Waals surface area contributed by atoms with Crippen molar-refractivity contribution in [3.63, 3.8) is 0 Å². The van der Waals surface area contributed by atoms with Crippen LogP contribution in [0.2, 0.25) is 0 Å². The molecule has 0 radical (unpaired) electrons. The van der Waals surface area contributed by atoms with Crippen LogP contribution in [-0.2, 0) is 16.0 Å². The molecule has 2 amide bonds. The van der Waals surface area contributed by atoms with Gasteiger partial charge in [0.2, 0.25) is 0 Å². The topological polar surface area (TPSA) is 67.9 Å². The number of thiophene rings is 1. The molecule has 25 heavy (non-hydrogen) atoms. The van der Waals surface area contributed by atoms with Crippen molar-refractivity contribution >= 4 is 23.5 Å². The van der Waals surface area contributed by atoms with Crippen LogP contribution in [0.4, 0.5) is 9.59 Å². The van der Waals surface area contributed by atoms with E-state index in [4.69, 9.17) is 9.47 Å². The van der Waals surface area contributed by atoms with E-state index in [2.05, 4.69) is 12.2 Å². The molecule has 0 aliphatic rings. The van der Waals surface area contributed by atoms with Crippen LogP contribution in [0.5, 0.6) is 0 Å². The highest BCUT2D eigenvalue weighted by Crippen LogP contribution is 2.12. The monoisotopic (exact) mass is 370 g/mol. The number of carbonyl (C=O) groups is 2. The van der Waals surface area contributed by atoms with Gasteiger partial charge in [0.15, 0.2) is 0 Å². The molecule has 0 bridgehead atoms. The van der Waals surface area contributed by atoms with Crippen LogP contribution >= 0.6 is 11.3 Å². The number of unbranched alkanes of at least 4 members (excludes halogenated alkanes) is 1. The zero-order valence-electron chi connectivity index (χ0n) is 15.8. The third-order valence-electron chi connectivity index (χ3n) is 3.32. The minimum atomic E-state index is -0.559. The molecule has 0 saturated heterocycles. The summed E-state index contributed by atoms with van der Waals surface area (Å²) in [6, 6.07) is 3.67. The Hall–Kier alpha value is -1.76. The van der Waals surface area contributed by atoms with Crippen molar-refractivity contribution in [2.24, 2.45) is 0 Å². The third-order valence-corrected chi connectivity index (χ3v) is 4.18. The average Bonchev–Trinajstić information content (AvgIpc) is 3.00. The van der Waals surface area contributed by atoms with E-state index in [1.165, 1.54) is 4.90 Å². The van der Waals surface area contributed by atoms with Gasteiger partial charge in [-0.3, -0.25) is 0 Å². The maximum Gasteiger partial charge on any atom is 0.409 e. The van der Waals surface area contributed by atoms with Crippen LogP contribution in [-0.4, -0.2) is 42.4 Å². The van der Waals surface area contributed by atoms with Gasteiger partial charge in [-0.05, 0) is 38.6 Å². The molecule has 0 aliphatic heterocycles. The lowest BCUT2D eigenvalue weighted by Crippen LogP contribution is -2.42. The molecule has 7 heteroatoms. The van der Waals surface area contributed by atoms with Crippen LogP contribution < -0.4 is 5.32 Å². The minimum absolute atomic E-state index is 0.132. The highest BCUT2D eigenvalue weighted by Gasteiger charge is 2.21. The lowest BCUT2D eigenvalue weighted by atomic mass is 10.1. The molecule has 0 aliphatic carbocycles. The van der Waals surface area contributed by atoms with Crippen molar-refractivity contribution in [3.05, 3.63) is 22.4 Å². The summed E-state index contributed by atoms with van der Waals surface area (Å²) in [6.45, 7) is 8.15. The Balaban J connectivity index is 2.47. The number of nitrogens with zero attached hydrogens (tertiary/aromatic N) is 1. The van der Waals surface area contributed by atoms with Crippen LogP contribution in [0.3, 0.4) is 0 Å². The van der Waals surface area contributed by atoms with E-state index in [9.17, 15) is 9.59 Å². The summed E-state index contributed by atoms with van der Waals surface area (Å²) in [6.07, 6.45) is 1.77. The molecule has 1 N–H and O–H groups in total. The molecule has 0 fully saturated rings. The van der Waals surface area contributed by atoms with E-state index in [-0.39, 0.29) is 12.6 Å². The fraction of sp³-hybridized carbons (Fsp3) is 0.667. The summed E-state index contributed by atoms with van der Waals surface area (Å²) < 4.78 is 10.6. The largest absolute Gasteiger partial charge is 0.447 e. The first-order chi connectivity index (χ1) is 11.7. The molecule has 1 atom stereocenters. The molecule has 1 aromatic heterocycles. The number of hydrogen-bond donors (Lipinski definition) is 1. The van der Waals surface area contributed by atoms with Crippen molar-refractivity contribution < 1.29 is 19.1 Å². The van der Waals surface area contributed by atoms with Gasteiger partial charge in [-0.15, -0.1) is 11.3 Å². The summed E-state index contributed by atoms with van der Waals surface area (Å²) in [5.41, 5.74) is -0.559. The van der Waals surface area contributed by atoms with Gasteiger partial charge in [-0.2, -0.15) is 0 Å². The second kappa shape index (κ2) is 10.3. The van der Waals surface area contributed by atoms with Crippen molar-refractivity contribution in [2.45, 2.75) is 65.1 Å². The SMILES string of the molecule is CCCCC(COC(=O)N(C)Cc1cccs1)NC(=O)OC(C)(C)C. The Kier molecular flexibility index (Phi) is 8.75. The van der Waals surface area contributed by atoms with Crippen LogP contribution in [0.15, 0.2) is 17.5 Å². The minimum Gasteiger partial charge on any atom is -0.447 e.